The van der Waals surface area contributed by atoms with Crippen LogP contribution in [-0.4, -0.2) is 26.0 Å². The normalized spacial score (nSPS) is 12.3. The third-order valence-corrected chi connectivity index (χ3v) is 3.69. The van der Waals surface area contributed by atoms with Crippen molar-refractivity contribution in [2.75, 3.05) is 5.32 Å². The molecule has 6 nitrogen and oxygen atoms in total. The Labute approximate surface area is 124 Å². The highest BCUT2D eigenvalue weighted by molar-refractivity contribution is 7.14. The summed E-state index contributed by atoms with van der Waals surface area (Å²) in [6.07, 6.45) is 2.48. The smallest absolute Gasteiger partial charge is 0.259 e. The lowest BCUT2D eigenvalue weighted by molar-refractivity contribution is 0.102. The number of aliphatic hydroxyl groups excluding tert-OH is 1. The number of carbonyl (C=O) groups is 1. The summed E-state index contributed by atoms with van der Waals surface area (Å²) in [5.41, 5.74) is 2.18. The summed E-state index contributed by atoms with van der Waals surface area (Å²) in [5.74, 6) is -0.299. The van der Waals surface area contributed by atoms with Crippen molar-refractivity contribution in [2.24, 2.45) is 0 Å². The van der Waals surface area contributed by atoms with E-state index in [-0.39, 0.29) is 5.91 Å². The minimum absolute atomic E-state index is 0.299. The highest BCUT2D eigenvalue weighted by Gasteiger charge is 2.14. The van der Waals surface area contributed by atoms with E-state index in [9.17, 15) is 9.90 Å². The molecule has 1 aromatic carbocycles. The molecule has 1 atom stereocenters. The summed E-state index contributed by atoms with van der Waals surface area (Å²) >= 11 is 1.27. The van der Waals surface area contributed by atoms with Gasteiger partial charge in [-0.3, -0.25) is 20.1 Å². The van der Waals surface area contributed by atoms with Crippen LogP contribution in [0.25, 0.3) is 11.0 Å². The van der Waals surface area contributed by atoms with Crippen molar-refractivity contribution in [1.82, 2.24) is 15.0 Å². The second kappa shape index (κ2) is 5.55. The molecule has 21 heavy (non-hydrogen) atoms. The number of rotatable bonds is 3. The van der Waals surface area contributed by atoms with E-state index in [4.69, 9.17) is 0 Å². The molecule has 7 heteroatoms. The number of nitrogens with zero attached hydrogens (tertiary/aromatic N) is 3. The third-order valence-electron chi connectivity index (χ3n) is 2.91. The first-order chi connectivity index (χ1) is 10.1. The van der Waals surface area contributed by atoms with Crippen LogP contribution in [0.5, 0.6) is 0 Å². The van der Waals surface area contributed by atoms with Crippen LogP contribution in [0.3, 0.4) is 0 Å². The number of benzene rings is 1. The highest BCUT2D eigenvalue weighted by atomic mass is 32.1. The van der Waals surface area contributed by atoms with Crippen LogP contribution in [-0.2, 0) is 0 Å². The van der Waals surface area contributed by atoms with Gasteiger partial charge in [0, 0.05) is 17.8 Å². The molecule has 3 aromatic rings. The molecule has 1 amide bonds. The summed E-state index contributed by atoms with van der Waals surface area (Å²) < 4.78 is 0. The van der Waals surface area contributed by atoms with Gasteiger partial charge in [-0.05, 0) is 19.1 Å². The second-order valence-corrected chi connectivity index (χ2v) is 5.30. The van der Waals surface area contributed by atoms with Gasteiger partial charge in [-0.25, -0.2) is 4.98 Å². The lowest BCUT2D eigenvalue weighted by atomic mass is 10.1. The van der Waals surface area contributed by atoms with E-state index in [1.165, 1.54) is 11.3 Å². The predicted octanol–water partition coefficient (Wildman–Crippen LogP) is 2.39. The zero-order valence-corrected chi connectivity index (χ0v) is 12.0. The Morgan fingerprint density at radius 3 is 2.90 bits per heavy atom. The molecule has 0 aliphatic heterocycles. The monoisotopic (exact) mass is 300 g/mol. The fourth-order valence-corrected chi connectivity index (χ4v) is 2.67. The third kappa shape index (κ3) is 2.74. The Kier molecular flexibility index (Phi) is 3.59. The zero-order valence-electron chi connectivity index (χ0n) is 11.1. The summed E-state index contributed by atoms with van der Waals surface area (Å²) in [7, 11) is 0. The number of aliphatic hydroxyl groups is 1. The van der Waals surface area contributed by atoms with Crippen molar-refractivity contribution >= 4 is 33.4 Å². The first-order valence-electron chi connectivity index (χ1n) is 6.30. The van der Waals surface area contributed by atoms with Crippen LogP contribution in [0.4, 0.5) is 5.13 Å². The molecule has 1 unspecified atom stereocenters. The van der Waals surface area contributed by atoms with Crippen LogP contribution < -0.4 is 5.32 Å². The molecule has 0 aliphatic rings. The topological polar surface area (TPSA) is 88.0 Å². The van der Waals surface area contributed by atoms with E-state index in [1.807, 2.05) is 0 Å². The number of aromatic nitrogens is 3. The second-order valence-electron chi connectivity index (χ2n) is 4.44. The molecule has 106 valence electrons. The van der Waals surface area contributed by atoms with Crippen molar-refractivity contribution in [3.63, 3.8) is 0 Å². The van der Waals surface area contributed by atoms with Crippen LogP contribution in [0, 0.1) is 0 Å². The number of nitrogens with one attached hydrogen (secondary N) is 1. The molecule has 2 aromatic heterocycles. The van der Waals surface area contributed by atoms with Crippen LogP contribution in [0.2, 0.25) is 0 Å². The first-order valence-corrected chi connectivity index (χ1v) is 7.17. The van der Waals surface area contributed by atoms with Crippen LogP contribution in [0.15, 0.2) is 36.0 Å². The van der Waals surface area contributed by atoms with E-state index in [0.29, 0.717) is 27.4 Å². The van der Waals surface area contributed by atoms with E-state index < -0.39 is 6.10 Å². The number of thiazole rings is 1. The lowest BCUT2D eigenvalue weighted by Gasteiger charge is -2.04. The summed E-state index contributed by atoms with van der Waals surface area (Å²) in [6, 6.07) is 5.25. The molecule has 2 N–H and O–H groups in total. The number of anilines is 1. The number of carbonyl (C=O) groups excluding carboxylic acids is 1. The molecule has 3 rings (SSSR count). The molecular weight excluding hydrogens is 288 g/mol. The average molecular weight is 300 g/mol. The maximum atomic E-state index is 12.3. The van der Waals surface area contributed by atoms with E-state index in [0.717, 1.165) is 0 Å². The van der Waals surface area contributed by atoms with E-state index >= 15 is 0 Å². The first kappa shape index (κ1) is 13.6. The van der Waals surface area contributed by atoms with Gasteiger partial charge in [-0.15, -0.1) is 11.3 Å². The van der Waals surface area contributed by atoms with Crippen LogP contribution >= 0.6 is 11.3 Å². The van der Waals surface area contributed by atoms with Crippen molar-refractivity contribution in [1.29, 1.82) is 0 Å². The maximum absolute atomic E-state index is 12.3. The fraction of sp³-hybridized carbons (Fsp3) is 0.143. The van der Waals surface area contributed by atoms with E-state index in [2.05, 4.69) is 20.3 Å². The van der Waals surface area contributed by atoms with Gasteiger partial charge >= 0.3 is 0 Å². The zero-order chi connectivity index (χ0) is 14.8. The fourth-order valence-electron chi connectivity index (χ4n) is 1.88. The number of hydrogen-bond donors (Lipinski definition) is 2. The van der Waals surface area contributed by atoms with Crippen LogP contribution in [0.1, 0.15) is 29.1 Å². The summed E-state index contributed by atoms with van der Waals surface area (Å²) in [6.45, 7) is 1.63. The molecule has 0 bridgehead atoms. The summed E-state index contributed by atoms with van der Waals surface area (Å²) in [5, 5.41) is 14.3. The minimum atomic E-state index is -0.657. The van der Waals surface area contributed by atoms with Gasteiger partial charge in [-0.2, -0.15) is 0 Å². The molecule has 0 spiro atoms. The standard InChI is InChI=1S/C14H12N4O2S/c1-8(19)11-7-21-14(17-11)18-13(20)9-3-2-4-10-12(9)16-6-5-15-10/h2-8,19H,1H3,(H,17,18,20). The quantitative estimate of drug-likeness (QED) is 0.775. The number of hydrogen-bond acceptors (Lipinski definition) is 6. The number of para-hydroxylation sites is 1. The molecule has 0 saturated heterocycles. The molecule has 0 aliphatic carbocycles. The van der Waals surface area contributed by atoms with Gasteiger partial charge in [0.2, 0.25) is 0 Å². The molecule has 0 saturated carbocycles. The van der Waals surface area contributed by atoms with Gasteiger partial charge < -0.3 is 5.11 Å². The van der Waals surface area contributed by atoms with Gasteiger partial charge in [0.05, 0.1) is 22.9 Å². The largest absolute Gasteiger partial charge is 0.387 e. The Balaban J connectivity index is 1.90. The van der Waals surface area contributed by atoms with Gasteiger partial charge in [0.25, 0.3) is 5.91 Å². The lowest BCUT2D eigenvalue weighted by Crippen LogP contribution is -2.13. The van der Waals surface area contributed by atoms with Crippen molar-refractivity contribution in [2.45, 2.75) is 13.0 Å². The highest BCUT2D eigenvalue weighted by Crippen LogP contribution is 2.22. The molecule has 0 fully saturated rings. The molecule has 0 radical (unpaired) electrons. The average Bonchev–Trinajstić information content (AvgIpc) is 2.95. The van der Waals surface area contributed by atoms with E-state index in [1.54, 1.807) is 42.9 Å². The number of amides is 1. The Morgan fingerprint density at radius 2 is 2.14 bits per heavy atom. The maximum Gasteiger partial charge on any atom is 0.259 e. The minimum Gasteiger partial charge on any atom is -0.387 e. The van der Waals surface area contributed by atoms with Crippen molar-refractivity contribution < 1.29 is 9.90 Å². The van der Waals surface area contributed by atoms with Gasteiger partial charge in [0.1, 0.15) is 5.52 Å². The Hall–Kier alpha value is -2.38. The van der Waals surface area contributed by atoms with Gasteiger partial charge in [0.15, 0.2) is 5.13 Å². The van der Waals surface area contributed by atoms with Gasteiger partial charge in [-0.1, -0.05) is 6.07 Å². The molecular formula is C14H12N4O2S. The summed E-state index contributed by atoms with van der Waals surface area (Å²) in [4.78, 5) is 24.9. The number of fused-ring (bicyclic) bond motifs is 1. The predicted molar refractivity (Wildman–Crippen MR) is 80.2 cm³/mol. The molecule has 2 heterocycles. The van der Waals surface area contributed by atoms with Crippen molar-refractivity contribution in [3.8, 4) is 0 Å². The van der Waals surface area contributed by atoms with Crippen molar-refractivity contribution in [3.05, 3.63) is 47.2 Å². The Morgan fingerprint density at radius 1 is 1.33 bits per heavy atom. The SMILES string of the molecule is CC(O)c1csc(NC(=O)c2cccc3nccnc23)n1. The Bertz CT molecular complexity index is 795.